The van der Waals surface area contributed by atoms with Crippen LogP contribution < -0.4 is 0 Å². The number of hydrogen-bond acceptors (Lipinski definition) is 3. The zero-order valence-corrected chi connectivity index (χ0v) is 13.0. The highest BCUT2D eigenvalue weighted by Gasteiger charge is 2.27. The van der Waals surface area contributed by atoms with Crippen LogP contribution in [0.15, 0.2) is 30.3 Å². The molecule has 0 bridgehead atoms. The first-order valence-corrected chi connectivity index (χ1v) is 7.76. The van der Waals surface area contributed by atoms with Gasteiger partial charge in [-0.15, -0.1) is 0 Å². The van der Waals surface area contributed by atoms with Gasteiger partial charge in [-0.1, -0.05) is 30.3 Å². The number of nitrogens with zero attached hydrogens (tertiary/aromatic N) is 1. The lowest BCUT2D eigenvalue weighted by Crippen LogP contribution is -2.49. The average Bonchev–Trinajstić information content (AvgIpc) is 2.54. The Balaban J connectivity index is 1.82. The van der Waals surface area contributed by atoms with E-state index in [-0.39, 0.29) is 18.1 Å². The molecule has 4 nitrogen and oxygen atoms in total. The van der Waals surface area contributed by atoms with E-state index in [1.807, 2.05) is 24.8 Å². The van der Waals surface area contributed by atoms with Crippen LogP contribution in [0.25, 0.3) is 0 Å². The quantitative estimate of drug-likeness (QED) is 0.807. The Morgan fingerprint density at radius 3 is 2.90 bits per heavy atom. The third-order valence-electron chi connectivity index (χ3n) is 3.81. The van der Waals surface area contributed by atoms with E-state index in [1.54, 1.807) is 0 Å². The first kappa shape index (κ1) is 16.0. The van der Waals surface area contributed by atoms with Crippen molar-refractivity contribution in [1.82, 2.24) is 4.90 Å². The second-order valence-corrected chi connectivity index (χ2v) is 5.40. The average molecular weight is 291 g/mol. The molecule has 0 aliphatic carbocycles. The number of aryl methyl sites for hydroxylation is 1. The maximum atomic E-state index is 12.3. The lowest BCUT2D eigenvalue weighted by molar-refractivity contribution is -0.149. The van der Waals surface area contributed by atoms with Gasteiger partial charge in [-0.2, -0.15) is 0 Å². The Morgan fingerprint density at radius 2 is 2.19 bits per heavy atom. The predicted molar refractivity (Wildman–Crippen MR) is 82.2 cm³/mol. The van der Waals surface area contributed by atoms with Gasteiger partial charge < -0.3 is 14.4 Å². The standard InChI is InChI=1S/C17H25NO3/c1-3-20-14(2)17(19)18-11-12-21-16(13-18)10-9-15-7-5-4-6-8-15/h4-8,14,16H,3,9-13H2,1-2H3. The molecule has 1 aromatic rings. The summed E-state index contributed by atoms with van der Waals surface area (Å²) < 4.78 is 11.2. The number of morpholine rings is 1. The van der Waals surface area contributed by atoms with Crippen LogP contribution in [0.1, 0.15) is 25.8 Å². The van der Waals surface area contributed by atoms with E-state index >= 15 is 0 Å². The topological polar surface area (TPSA) is 38.8 Å². The summed E-state index contributed by atoms with van der Waals surface area (Å²) in [5.41, 5.74) is 1.31. The Hall–Kier alpha value is -1.39. The van der Waals surface area contributed by atoms with Crippen molar-refractivity contribution in [2.75, 3.05) is 26.3 Å². The molecule has 0 N–H and O–H groups in total. The first-order chi connectivity index (χ1) is 10.2. The molecule has 1 fully saturated rings. The van der Waals surface area contributed by atoms with Crippen LogP contribution in [-0.2, 0) is 20.7 Å². The number of hydrogen-bond donors (Lipinski definition) is 0. The highest BCUT2D eigenvalue weighted by atomic mass is 16.5. The van der Waals surface area contributed by atoms with Gasteiger partial charge in [-0.05, 0) is 32.3 Å². The highest BCUT2D eigenvalue weighted by molar-refractivity contribution is 5.80. The third-order valence-corrected chi connectivity index (χ3v) is 3.81. The highest BCUT2D eigenvalue weighted by Crippen LogP contribution is 2.14. The van der Waals surface area contributed by atoms with Crippen LogP contribution in [0.5, 0.6) is 0 Å². The van der Waals surface area contributed by atoms with Gasteiger partial charge >= 0.3 is 0 Å². The molecule has 1 aliphatic heterocycles. The van der Waals surface area contributed by atoms with E-state index in [0.717, 1.165) is 12.8 Å². The summed E-state index contributed by atoms with van der Waals surface area (Å²) in [6.45, 7) is 6.24. The Labute approximate surface area is 127 Å². The molecule has 0 aromatic heterocycles. The molecule has 2 unspecified atom stereocenters. The predicted octanol–water partition coefficient (Wildman–Crippen LogP) is 2.27. The van der Waals surface area contributed by atoms with Crippen molar-refractivity contribution in [2.24, 2.45) is 0 Å². The van der Waals surface area contributed by atoms with Crippen molar-refractivity contribution in [3.05, 3.63) is 35.9 Å². The minimum atomic E-state index is -0.358. The normalized spacial score (nSPS) is 20.3. The van der Waals surface area contributed by atoms with Crippen molar-refractivity contribution >= 4 is 5.91 Å². The van der Waals surface area contributed by atoms with Crippen LogP contribution >= 0.6 is 0 Å². The molecule has 0 saturated carbocycles. The van der Waals surface area contributed by atoms with Gasteiger partial charge in [-0.25, -0.2) is 0 Å². The van der Waals surface area contributed by atoms with Crippen molar-refractivity contribution in [1.29, 1.82) is 0 Å². The van der Waals surface area contributed by atoms with E-state index in [1.165, 1.54) is 5.56 Å². The summed E-state index contributed by atoms with van der Waals surface area (Å²) in [6, 6.07) is 10.4. The third kappa shape index (κ3) is 4.83. The van der Waals surface area contributed by atoms with Crippen molar-refractivity contribution in [3.8, 4) is 0 Å². The smallest absolute Gasteiger partial charge is 0.251 e. The van der Waals surface area contributed by atoms with Gasteiger partial charge in [0.1, 0.15) is 6.10 Å². The minimum Gasteiger partial charge on any atom is -0.375 e. The van der Waals surface area contributed by atoms with Crippen molar-refractivity contribution in [2.45, 2.75) is 38.9 Å². The summed E-state index contributed by atoms with van der Waals surface area (Å²) >= 11 is 0. The fourth-order valence-electron chi connectivity index (χ4n) is 2.64. The van der Waals surface area contributed by atoms with Gasteiger partial charge in [0.2, 0.25) is 0 Å². The first-order valence-electron chi connectivity index (χ1n) is 7.76. The lowest BCUT2D eigenvalue weighted by atomic mass is 10.1. The molecule has 21 heavy (non-hydrogen) atoms. The summed E-state index contributed by atoms with van der Waals surface area (Å²) in [5, 5.41) is 0. The molecule has 2 rings (SSSR count). The number of carbonyl (C=O) groups is 1. The zero-order valence-electron chi connectivity index (χ0n) is 13.0. The van der Waals surface area contributed by atoms with Gasteiger partial charge in [0, 0.05) is 19.7 Å². The fraction of sp³-hybridized carbons (Fsp3) is 0.588. The number of amides is 1. The summed E-state index contributed by atoms with van der Waals surface area (Å²) in [5.74, 6) is 0.0739. The minimum absolute atomic E-state index is 0.0739. The second kappa shape index (κ2) is 8.15. The molecule has 4 heteroatoms. The molecule has 1 aromatic carbocycles. The molecule has 1 amide bonds. The number of benzene rings is 1. The van der Waals surface area contributed by atoms with Crippen LogP contribution in [-0.4, -0.2) is 49.3 Å². The zero-order chi connectivity index (χ0) is 15.1. The summed E-state index contributed by atoms with van der Waals surface area (Å²) in [7, 11) is 0. The van der Waals surface area contributed by atoms with Gasteiger partial charge in [0.25, 0.3) is 5.91 Å². The number of rotatable bonds is 6. The molecule has 116 valence electrons. The molecule has 1 heterocycles. The van der Waals surface area contributed by atoms with Crippen LogP contribution in [0.4, 0.5) is 0 Å². The monoisotopic (exact) mass is 291 g/mol. The molecule has 0 radical (unpaired) electrons. The molecular weight excluding hydrogens is 266 g/mol. The van der Waals surface area contributed by atoms with Crippen LogP contribution in [0.3, 0.4) is 0 Å². The molecular formula is C17H25NO3. The number of carbonyl (C=O) groups excluding carboxylic acids is 1. The summed E-state index contributed by atoms with van der Waals surface area (Å²) in [4.78, 5) is 14.1. The van der Waals surface area contributed by atoms with Crippen molar-refractivity contribution in [3.63, 3.8) is 0 Å². The van der Waals surface area contributed by atoms with Gasteiger partial charge in [0.05, 0.1) is 12.7 Å². The lowest BCUT2D eigenvalue weighted by Gasteiger charge is -2.34. The largest absolute Gasteiger partial charge is 0.375 e. The van der Waals surface area contributed by atoms with E-state index in [2.05, 4.69) is 24.3 Å². The Morgan fingerprint density at radius 1 is 1.43 bits per heavy atom. The molecule has 2 atom stereocenters. The summed E-state index contributed by atoms with van der Waals surface area (Å²) in [6.07, 6.45) is 1.69. The van der Waals surface area contributed by atoms with E-state index in [9.17, 15) is 4.79 Å². The molecule has 0 spiro atoms. The maximum absolute atomic E-state index is 12.3. The van der Waals surface area contributed by atoms with Crippen LogP contribution in [0.2, 0.25) is 0 Å². The fourth-order valence-corrected chi connectivity index (χ4v) is 2.64. The Bertz CT molecular complexity index is 435. The van der Waals surface area contributed by atoms with Gasteiger partial charge in [0.15, 0.2) is 0 Å². The second-order valence-electron chi connectivity index (χ2n) is 5.40. The van der Waals surface area contributed by atoms with E-state index in [0.29, 0.717) is 26.3 Å². The number of ether oxygens (including phenoxy) is 2. The van der Waals surface area contributed by atoms with Crippen molar-refractivity contribution < 1.29 is 14.3 Å². The molecule has 1 aliphatic rings. The van der Waals surface area contributed by atoms with E-state index in [4.69, 9.17) is 9.47 Å². The van der Waals surface area contributed by atoms with E-state index < -0.39 is 0 Å². The van der Waals surface area contributed by atoms with Crippen LogP contribution in [0, 0.1) is 0 Å². The SMILES string of the molecule is CCOC(C)C(=O)N1CCOC(CCc2ccccc2)C1. The Kier molecular flexibility index (Phi) is 6.21. The maximum Gasteiger partial charge on any atom is 0.251 e. The van der Waals surface area contributed by atoms with Gasteiger partial charge in [-0.3, -0.25) is 4.79 Å². The molecule has 1 saturated heterocycles.